The Hall–Kier alpha value is -1.05. The van der Waals surface area contributed by atoms with E-state index in [1.54, 1.807) is 5.51 Å². The summed E-state index contributed by atoms with van der Waals surface area (Å²) >= 11 is 1.29. The zero-order valence-electron chi connectivity index (χ0n) is 10.3. The highest BCUT2D eigenvalue weighted by Crippen LogP contribution is 2.58. The van der Waals surface area contributed by atoms with Crippen LogP contribution in [0.4, 0.5) is 5.13 Å². The molecule has 0 bridgehead atoms. The number of hydrogen-bond donors (Lipinski definition) is 2. The number of carbonyl (C=O) groups is 1. The van der Waals surface area contributed by atoms with Gasteiger partial charge in [-0.2, -0.15) is 0 Å². The van der Waals surface area contributed by atoms with Crippen molar-refractivity contribution >= 4 is 22.4 Å². The Labute approximate surface area is 109 Å². The van der Waals surface area contributed by atoms with Gasteiger partial charge >= 0.3 is 0 Å². The van der Waals surface area contributed by atoms with Crippen LogP contribution in [0.5, 0.6) is 0 Å². The van der Waals surface area contributed by atoms with Crippen molar-refractivity contribution in [2.75, 3.05) is 11.9 Å². The predicted octanol–water partition coefficient (Wildman–Crippen LogP) is 0.619. The summed E-state index contributed by atoms with van der Waals surface area (Å²) in [6, 6.07) is 0. The maximum Gasteiger partial charge on any atom is 0.247 e. The van der Waals surface area contributed by atoms with E-state index >= 15 is 0 Å². The Bertz CT molecular complexity index is 475. The fourth-order valence-corrected chi connectivity index (χ4v) is 3.71. The van der Waals surface area contributed by atoms with Crippen LogP contribution >= 0.6 is 11.3 Å². The summed E-state index contributed by atoms with van der Waals surface area (Å²) in [6.07, 6.45) is 0.927. The molecule has 7 heteroatoms. The van der Waals surface area contributed by atoms with Crippen LogP contribution in [0.15, 0.2) is 5.51 Å². The van der Waals surface area contributed by atoms with Gasteiger partial charge in [0.15, 0.2) is 0 Å². The molecule has 1 amide bonds. The molecule has 6 nitrogen and oxygen atoms in total. The summed E-state index contributed by atoms with van der Waals surface area (Å²) in [5, 5.41) is 10.8. The van der Waals surface area contributed by atoms with Gasteiger partial charge in [0.25, 0.3) is 0 Å². The highest BCUT2D eigenvalue weighted by atomic mass is 32.1. The number of nitrogens with two attached hydrogens (primary N) is 1. The van der Waals surface area contributed by atoms with Crippen LogP contribution < -0.4 is 11.1 Å². The molecule has 1 aliphatic heterocycles. The molecule has 2 aliphatic rings. The molecule has 0 aromatic carbocycles. The number of ether oxygens (including phenoxy) is 1. The monoisotopic (exact) mass is 268 g/mol. The molecule has 1 aromatic rings. The number of fused-ring (bicyclic) bond motifs is 1. The largest absolute Gasteiger partial charge is 0.377 e. The number of nitrogens with one attached hydrogen (secondary N) is 1. The van der Waals surface area contributed by atoms with Gasteiger partial charge in [0, 0.05) is 17.9 Å². The number of anilines is 1. The van der Waals surface area contributed by atoms with Crippen LogP contribution in [0, 0.1) is 11.3 Å². The van der Waals surface area contributed by atoms with E-state index < -0.39 is 5.54 Å². The van der Waals surface area contributed by atoms with E-state index in [0.717, 1.165) is 6.42 Å². The van der Waals surface area contributed by atoms with E-state index in [0.29, 0.717) is 11.7 Å². The van der Waals surface area contributed by atoms with Gasteiger partial charge in [-0.25, -0.2) is 0 Å². The van der Waals surface area contributed by atoms with Crippen molar-refractivity contribution in [2.45, 2.75) is 31.9 Å². The Morgan fingerprint density at radius 1 is 1.67 bits per heavy atom. The number of carbonyl (C=O) groups excluding carboxylic acids is 1. The molecular formula is C11H16N4O2S. The third kappa shape index (κ3) is 1.32. The molecule has 98 valence electrons. The molecule has 3 N–H and O–H groups in total. The second-order valence-corrected chi connectivity index (χ2v) is 6.31. The summed E-state index contributed by atoms with van der Waals surface area (Å²) in [6.45, 7) is 4.65. The van der Waals surface area contributed by atoms with Crippen LogP contribution in [-0.4, -0.2) is 34.4 Å². The summed E-state index contributed by atoms with van der Waals surface area (Å²) in [5.41, 5.74) is 6.72. The van der Waals surface area contributed by atoms with Crippen molar-refractivity contribution in [3.8, 4) is 0 Å². The Kier molecular flexibility index (Phi) is 2.48. The Balaban J connectivity index is 1.84. The first-order chi connectivity index (χ1) is 8.48. The lowest BCUT2D eigenvalue weighted by atomic mass is 9.48. The number of rotatable bonds is 2. The third-order valence-corrected chi connectivity index (χ3v) is 5.02. The molecule has 3 atom stereocenters. The molecule has 3 rings (SSSR count). The van der Waals surface area contributed by atoms with E-state index in [2.05, 4.69) is 15.5 Å². The topological polar surface area (TPSA) is 90.1 Å². The zero-order chi connectivity index (χ0) is 13.0. The lowest BCUT2D eigenvalue weighted by Crippen LogP contribution is -2.79. The normalized spacial score (nSPS) is 36.8. The van der Waals surface area contributed by atoms with E-state index in [1.165, 1.54) is 11.3 Å². The summed E-state index contributed by atoms with van der Waals surface area (Å²) < 4.78 is 5.66. The molecule has 1 saturated carbocycles. The van der Waals surface area contributed by atoms with Crippen molar-refractivity contribution in [1.82, 2.24) is 10.2 Å². The van der Waals surface area contributed by atoms with Crippen molar-refractivity contribution in [1.29, 1.82) is 0 Å². The van der Waals surface area contributed by atoms with Gasteiger partial charge in [0.05, 0.1) is 6.10 Å². The molecule has 2 fully saturated rings. The second kappa shape index (κ2) is 3.72. The van der Waals surface area contributed by atoms with Crippen LogP contribution in [0.25, 0.3) is 0 Å². The van der Waals surface area contributed by atoms with Crippen molar-refractivity contribution < 1.29 is 9.53 Å². The molecule has 0 spiro atoms. The molecule has 3 unspecified atom stereocenters. The summed E-state index contributed by atoms with van der Waals surface area (Å²) in [4.78, 5) is 12.4. The highest BCUT2D eigenvalue weighted by molar-refractivity contribution is 7.13. The van der Waals surface area contributed by atoms with Crippen LogP contribution in [0.1, 0.15) is 20.3 Å². The average molecular weight is 268 g/mol. The smallest absolute Gasteiger partial charge is 0.247 e. The number of hydrogen-bond acceptors (Lipinski definition) is 6. The lowest BCUT2D eigenvalue weighted by Gasteiger charge is -2.60. The van der Waals surface area contributed by atoms with E-state index in [1.807, 2.05) is 13.8 Å². The molecule has 2 heterocycles. The first-order valence-corrected chi connectivity index (χ1v) is 6.84. The predicted molar refractivity (Wildman–Crippen MR) is 67.1 cm³/mol. The van der Waals surface area contributed by atoms with Gasteiger partial charge in [-0.05, 0) is 6.42 Å². The van der Waals surface area contributed by atoms with Crippen molar-refractivity contribution in [3.05, 3.63) is 5.51 Å². The molecule has 0 radical (unpaired) electrons. The van der Waals surface area contributed by atoms with Crippen LogP contribution in [0.3, 0.4) is 0 Å². The quantitative estimate of drug-likeness (QED) is 0.820. The highest BCUT2D eigenvalue weighted by Gasteiger charge is 2.71. The van der Waals surface area contributed by atoms with E-state index in [9.17, 15) is 4.79 Å². The summed E-state index contributed by atoms with van der Waals surface area (Å²) in [5.74, 6) is -0.0866. The maximum absolute atomic E-state index is 12.4. The van der Waals surface area contributed by atoms with Crippen LogP contribution in [-0.2, 0) is 9.53 Å². The molecule has 1 aliphatic carbocycles. The van der Waals surface area contributed by atoms with E-state index in [4.69, 9.17) is 10.5 Å². The third-order valence-electron chi connectivity index (χ3n) is 4.41. The van der Waals surface area contributed by atoms with Crippen molar-refractivity contribution in [3.63, 3.8) is 0 Å². The van der Waals surface area contributed by atoms with E-state index in [-0.39, 0.29) is 23.3 Å². The second-order valence-electron chi connectivity index (χ2n) is 5.48. The average Bonchev–Trinajstić information content (AvgIpc) is 2.97. The zero-order valence-corrected chi connectivity index (χ0v) is 11.2. The minimum Gasteiger partial charge on any atom is -0.377 e. The molecule has 18 heavy (non-hydrogen) atoms. The lowest BCUT2D eigenvalue weighted by molar-refractivity contribution is -0.170. The fraction of sp³-hybridized carbons (Fsp3) is 0.727. The van der Waals surface area contributed by atoms with Gasteiger partial charge in [-0.15, -0.1) is 10.2 Å². The first-order valence-electron chi connectivity index (χ1n) is 5.96. The van der Waals surface area contributed by atoms with Gasteiger partial charge < -0.3 is 10.5 Å². The number of amides is 1. The maximum atomic E-state index is 12.4. The fourth-order valence-electron chi connectivity index (χ4n) is 3.27. The standard InChI is InChI=1S/C11H16N4O2S/c1-10(2)7-6(3-4-17-7)11(10,12)8(16)14-9-15-13-5-18-9/h5-7H,3-4,12H2,1-2H3,(H,14,15,16). The van der Waals surface area contributed by atoms with Gasteiger partial charge in [-0.3, -0.25) is 10.1 Å². The Morgan fingerprint density at radius 3 is 3.11 bits per heavy atom. The number of aromatic nitrogens is 2. The van der Waals surface area contributed by atoms with Gasteiger partial charge in [-0.1, -0.05) is 25.2 Å². The molecule has 1 aromatic heterocycles. The van der Waals surface area contributed by atoms with Crippen molar-refractivity contribution in [2.24, 2.45) is 17.1 Å². The van der Waals surface area contributed by atoms with Crippen LogP contribution in [0.2, 0.25) is 0 Å². The Morgan fingerprint density at radius 2 is 2.44 bits per heavy atom. The molecular weight excluding hydrogens is 252 g/mol. The minimum atomic E-state index is -0.889. The number of nitrogens with zero attached hydrogens (tertiary/aromatic N) is 2. The summed E-state index contributed by atoms with van der Waals surface area (Å²) in [7, 11) is 0. The molecule has 1 saturated heterocycles. The van der Waals surface area contributed by atoms with Gasteiger partial charge in [0.1, 0.15) is 11.0 Å². The SMILES string of the molecule is CC1(C)C2OCCC2C1(N)C(=O)Nc1nncs1. The first kappa shape index (κ1) is 12.0. The minimum absolute atomic E-state index is 0.0858. The van der Waals surface area contributed by atoms with Gasteiger partial charge in [0.2, 0.25) is 11.0 Å².